The zero-order valence-corrected chi connectivity index (χ0v) is 12.3. The summed E-state index contributed by atoms with van der Waals surface area (Å²) < 4.78 is 0. The Hall–Kier alpha value is -2.82. The first-order chi connectivity index (χ1) is 10.5. The summed E-state index contributed by atoms with van der Waals surface area (Å²) in [5, 5.41) is 14.7. The average Bonchev–Trinajstić information content (AvgIpc) is 2.45. The van der Waals surface area contributed by atoms with Gasteiger partial charge in [-0.25, -0.2) is 0 Å². The molecule has 0 aliphatic rings. The quantitative estimate of drug-likeness (QED) is 0.794. The number of hydrogen-bond acceptors (Lipinski definition) is 3. The minimum Gasteiger partial charge on any atom is -0.508 e. The minimum absolute atomic E-state index is 0.0767. The number of carbonyl (C=O) groups is 2. The van der Waals surface area contributed by atoms with Crippen LogP contribution in [0.3, 0.4) is 0 Å². The van der Waals surface area contributed by atoms with Crippen molar-refractivity contribution < 1.29 is 14.7 Å². The Balaban J connectivity index is 1.79. The first-order valence-corrected chi connectivity index (χ1v) is 6.98. The molecule has 0 saturated heterocycles. The standard InChI is InChI=1S/C17H18N2O3/c1-12-4-2-5-13(10-12)18-16(21)8-9-17(22)19-14-6-3-7-15(20)11-14/h2-7,10-11,20H,8-9H2,1H3,(H,18,21)(H,19,22). The molecule has 5 heteroatoms. The summed E-state index contributed by atoms with van der Waals surface area (Å²) in [6, 6.07) is 13.7. The van der Waals surface area contributed by atoms with E-state index in [0.717, 1.165) is 11.3 Å². The Morgan fingerprint density at radius 2 is 1.45 bits per heavy atom. The summed E-state index contributed by atoms with van der Waals surface area (Å²) in [5.41, 5.74) is 2.28. The van der Waals surface area contributed by atoms with Crippen LogP contribution in [-0.4, -0.2) is 16.9 Å². The predicted octanol–water partition coefficient (Wildman–Crippen LogP) is 3.06. The van der Waals surface area contributed by atoms with E-state index in [9.17, 15) is 14.7 Å². The van der Waals surface area contributed by atoms with Gasteiger partial charge < -0.3 is 15.7 Å². The number of rotatable bonds is 5. The number of anilines is 2. The number of carbonyl (C=O) groups excluding carboxylic acids is 2. The van der Waals surface area contributed by atoms with Gasteiger partial charge in [0.15, 0.2) is 0 Å². The van der Waals surface area contributed by atoms with Crippen molar-refractivity contribution in [1.82, 2.24) is 0 Å². The lowest BCUT2D eigenvalue weighted by atomic mass is 10.2. The van der Waals surface area contributed by atoms with Gasteiger partial charge in [0.1, 0.15) is 5.75 Å². The second-order valence-corrected chi connectivity index (χ2v) is 5.02. The smallest absolute Gasteiger partial charge is 0.224 e. The SMILES string of the molecule is Cc1cccc(NC(=O)CCC(=O)Nc2cccc(O)c2)c1. The van der Waals surface area contributed by atoms with Crippen molar-refractivity contribution in [2.24, 2.45) is 0 Å². The maximum Gasteiger partial charge on any atom is 0.224 e. The molecular formula is C17H18N2O3. The number of aromatic hydroxyl groups is 1. The van der Waals surface area contributed by atoms with Gasteiger partial charge >= 0.3 is 0 Å². The van der Waals surface area contributed by atoms with Crippen molar-refractivity contribution in [2.45, 2.75) is 19.8 Å². The summed E-state index contributed by atoms with van der Waals surface area (Å²) >= 11 is 0. The van der Waals surface area contributed by atoms with Crippen LogP contribution in [0.15, 0.2) is 48.5 Å². The van der Waals surface area contributed by atoms with Gasteiger partial charge in [-0.2, -0.15) is 0 Å². The fourth-order valence-electron chi connectivity index (χ4n) is 1.98. The molecule has 0 spiro atoms. The van der Waals surface area contributed by atoms with Crippen molar-refractivity contribution >= 4 is 23.2 Å². The van der Waals surface area contributed by atoms with Crippen LogP contribution in [-0.2, 0) is 9.59 Å². The highest BCUT2D eigenvalue weighted by Crippen LogP contribution is 2.16. The van der Waals surface area contributed by atoms with Gasteiger partial charge in [0.2, 0.25) is 11.8 Å². The fourth-order valence-corrected chi connectivity index (χ4v) is 1.98. The van der Waals surface area contributed by atoms with Crippen LogP contribution in [0.1, 0.15) is 18.4 Å². The number of phenols is 1. The highest BCUT2D eigenvalue weighted by molar-refractivity contribution is 5.96. The van der Waals surface area contributed by atoms with Crippen LogP contribution in [0.2, 0.25) is 0 Å². The number of aryl methyl sites for hydroxylation is 1. The molecule has 0 bridgehead atoms. The normalized spacial score (nSPS) is 10.0. The van der Waals surface area contributed by atoms with E-state index in [-0.39, 0.29) is 30.4 Å². The Labute approximate surface area is 129 Å². The van der Waals surface area contributed by atoms with Crippen LogP contribution in [0, 0.1) is 6.92 Å². The van der Waals surface area contributed by atoms with Crippen LogP contribution in [0.4, 0.5) is 11.4 Å². The van der Waals surface area contributed by atoms with E-state index in [4.69, 9.17) is 0 Å². The lowest BCUT2D eigenvalue weighted by Gasteiger charge is -2.07. The molecule has 0 aromatic heterocycles. The second kappa shape index (κ2) is 7.26. The van der Waals surface area contributed by atoms with Gasteiger partial charge in [-0.15, -0.1) is 0 Å². The molecule has 0 unspecified atom stereocenters. The molecule has 3 N–H and O–H groups in total. The average molecular weight is 298 g/mol. The number of phenolic OH excluding ortho intramolecular Hbond substituents is 1. The molecule has 5 nitrogen and oxygen atoms in total. The summed E-state index contributed by atoms with van der Waals surface area (Å²) in [4.78, 5) is 23.6. The molecule has 0 fully saturated rings. The molecular weight excluding hydrogens is 280 g/mol. The van der Waals surface area contributed by atoms with Crippen molar-refractivity contribution in [3.05, 3.63) is 54.1 Å². The van der Waals surface area contributed by atoms with E-state index >= 15 is 0 Å². The maximum absolute atomic E-state index is 11.8. The summed E-state index contributed by atoms with van der Waals surface area (Å²) in [6.45, 7) is 1.94. The van der Waals surface area contributed by atoms with E-state index in [1.54, 1.807) is 18.2 Å². The van der Waals surface area contributed by atoms with Crippen molar-refractivity contribution in [1.29, 1.82) is 0 Å². The predicted molar refractivity (Wildman–Crippen MR) is 85.8 cm³/mol. The van der Waals surface area contributed by atoms with Crippen LogP contribution in [0.5, 0.6) is 5.75 Å². The largest absolute Gasteiger partial charge is 0.508 e. The molecule has 114 valence electrons. The molecule has 2 rings (SSSR count). The molecule has 0 atom stereocenters. The third kappa shape index (κ3) is 4.94. The molecule has 22 heavy (non-hydrogen) atoms. The molecule has 0 aliphatic heterocycles. The molecule has 2 aromatic carbocycles. The molecule has 0 saturated carbocycles. The van der Waals surface area contributed by atoms with Gasteiger partial charge in [0.25, 0.3) is 0 Å². The number of amides is 2. The lowest BCUT2D eigenvalue weighted by molar-refractivity contribution is -0.121. The van der Waals surface area contributed by atoms with Crippen LogP contribution in [0.25, 0.3) is 0 Å². The summed E-state index contributed by atoms with van der Waals surface area (Å²) in [7, 11) is 0. The van der Waals surface area contributed by atoms with Gasteiger partial charge in [-0.05, 0) is 36.8 Å². The Bertz CT molecular complexity index is 624. The Morgan fingerprint density at radius 1 is 0.909 bits per heavy atom. The number of nitrogens with one attached hydrogen (secondary N) is 2. The van der Waals surface area contributed by atoms with Crippen LogP contribution < -0.4 is 10.6 Å². The molecule has 2 aromatic rings. The van der Waals surface area contributed by atoms with Gasteiger partial charge in [-0.1, -0.05) is 18.2 Å². The van der Waals surface area contributed by atoms with Crippen LogP contribution >= 0.6 is 0 Å². The van der Waals surface area contributed by atoms with Crippen molar-refractivity contribution in [2.75, 3.05) is 10.6 Å². The van der Waals surface area contributed by atoms with E-state index in [1.807, 2.05) is 25.1 Å². The summed E-state index contributed by atoms with van der Waals surface area (Å²) in [6.07, 6.45) is 0.173. The van der Waals surface area contributed by atoms with E-state index in [2.05, 4.69) is 10.6 Å². The second-order valence-electron chi connectivity index (χ2n) is 5.02. The van der Waals surface area contributed by atoms with E-state index in [0.29, 0.717) is 5.69 Å². The molecule has 0 aliphatic carbocycles. The maximum atomic E-state index is 11.8. The molecule has 0 heterocycles. The third-order valence-electron chi connectivity index (χ3n) is 3.01. The monoisotopic (exact) mass is 298 g/mol. The summed E-state index contributed by atoms with van der Waals surface area (Å²) in [5.74, 6) is -0.406. The van der Waals surface area contributed by atoms with Crippen molar-refractivity contribution in [3.8, 4) is 5.75 Å². The van der Waals surface area contributed by atoms with Gasteiger partial charge in [0, 0.05) is 30.3 Å². The third-order valence-corrected chi connectivity index (χ3v) is 3.01. The number of hydrogen-bond donors (Lipinski definition) is 3. The topological polar surface area (TPSA) is 78.4 Å². The first kappa shape index (κ1) is 15.6. The molecule has 0 radical (unpaired) electrons. The highest BCUT2D eigenvalue weighted by atomic mass is 16.3. The fraction of sp³-hybridized carbons (Fsp3) is 0.176. The van der Waals surface area contributed by atoms with E-state index < -0.39 is 0 Å². The zero-order chi connectivity index (χ0) is 15.9. The highest BCUT2D eigenvalue weighted by Gasteiger charge is 2.08. The Kier molecular flexibility index (Phi) is 5.14. The van der Waals surface area contributed by atoms with Crippen molar-refractivity contribution in [3.63, 3.8) is 0 Å². The number of benzene rings is 2. The Morgan fingerprint density at radius 3 is 2.00 bits per heavy atom. The zero-order valence-electron chi connectivity index (χ0n) is 12.3. The first-order valence-electron chi connectivity index (χ1n) is 6.98. The molecule has 2 amide bonds. The minimum atomic E-state index is -0.273. The van der Waals surface area contributed by atoms with E-state index in [1.165, 1.54) is 12.1 Å². The lowest BCUT2D eigenvalue weighted by Crippen LogP contribution is -2.17. The van der Waals surface area contributed by atoms with Gasteiger partial charge in [0.05, 0.1) is 0 Å². The van der Waals surface area contributed by atoms with Gasteiger partial charge in [-0.3, -0.25) is 9.59 Å².